The van der Waals surface area contributed by atoms with E-state index in [-0.39, 0.29) is 0 Å². The monoisotopic (exact) mass is 277 g/mol. The van der Waals surface area contributed by atoms with Gasteiger partial charge in [-0.2, -0.15) is 0 Å². The Balaban J connectivity index is 2.44. The summed E-state index contributed by atoms with van der Waals surface area (Å²) in [6.07, 6.45) is 1.52. The molecule has 0 aromatic carbocycles. The molecule has 0 unspecified atom stereocenters. The first-order chi connectivity index (χ1) is 9.13. The van der Waals surface area contributed by atoms with E-state index in [0.717, 1.165) is 4.88 Å². The Morgan fingerprint density at radius 3 is 2.84 bits per heavy atom. The number of hydrogen-bond acceptors (Lipinski definition) is 6. The molecule has 0 amide bonds. The quantitative estimate of drug-likeness (QED) is 0.803. The van der Waals surface area contributed by atoms with Gasteiger partial charge in [-0.25, -0.2) is 14.8 Å². The number of nitrogens with zero attached hydrogens (tertiary/aromatic N) is 3. The van der Waals surface area contributed by atoms with Gasteiger partial charge < -0.3 is 9.64 Å². The number of esters is 1. The van der Waals surface area contributed by atoms with Crippen LogP contribution in [0.25, 0.3) is 10.7 Å². The van der Waals surface area contributed by atoms with E-state index in [2.05, 4.69) is 9.97 Å². The number of rotatable bonds is 4. The Kier molecular flexibility index (Phi) is 4.11. The first-order valence-corrected chi connectivity index (χ1v) is 6.76. The van der Waals surface area contributed by atoms with E-state index in [1.165, 1.54) is 6.20 Å². The molecule has 0 atom stereocenters. The van der Waals surface area contributed by atoms with Gasteiger partial charge in [-0.15, -0.1) is 11.3 Å². The van der Waals surface area contributed by atoms with Gasteiger partial charge in [0.1, 0.15) is 11.4 Å². The van der Waals surface area contributed by atoms with Gasteiger partial charge in [-0.1, -0.05) is 6.07 Å². The second-order valence-electron chi connectivity index (χ2n) is 4.02. The van der Waals surface area contributed by atoms with Gasteiger partial charge in [-0.3, -0.25) is 0 Å². The van der Waals surface area contributed by atoms with Gasteiger partial charge >= 0.3 is 5.97 Å². The average molecular weight is 277 g/mol. The van der Waals surface area contributed by atoms with Crippen LogP contribution in [0.2, 0.25) is 0 Å². The van der Waals surface area contributed by atoms with Gasteiger partial charge in [0.05, 0.1) is 11.5 Å². The molecule has 19 heavy (non-hydrogen) atoms. The zero-order valence-corrected chi connectivity index (χ0v) is 11.9. The third-order valence-electron chi connectivity index (χ3n) is 2.43. The Hall–Kier alpha value is -1.95. The van der Waals surface area contributed by atoms with Crippen molar-refractivity contribution < 1.29 is 9.53 Å². The molecule has 100 valence electrons. The van der Waals surface area contributed by atoms with Crippen LogP contribution in [0.1, 0.15) is 17.3 Å². The molecule has 2 aromatic rings. The van der Waals surface area contributed by atoms with E-state index in [1.807, 2.05) is 31.6 Å². The number of carbonyl (C=O) groups is 1. The van der Waals surface area contributed by atoms with Gasteiger partial charge in [0, 0.05) is 20.3 Å². The van der Waals surface area contributed by atoms with Crippen LogP contribution < -0.4 is 4.90 Å². The fraction of sp³-hybridized carbons (Fsp3) is 0.308. The molecule has 5 nitrogen and oxygen atoms in total. The molecule has 0 N–H and O–H groups in total. The summed E-state index contributed by atoms with van der Waals surface area (Å²) in [6.45, 7) is 2.10. The van der Waals surface area contributed by atoms with Gasteiger partial charge in [0.2, 0.25) is 0 Å². The van der Waals surface area contributed by atoms with Crippen molar-refractivity contribution in [2.45, 2.75) is 6.92 Å². The lowest BCUT2D eigenvalue weighted by Crippen LogP contribution is -2.18. The van der Waals surface area contributed by atoms with Gasteiger partial charge in [0.25, 0.3) is 0 Å². The maximum Gasteiger partial charge on any atom is 0.343 e. The van der Waals surface area contributed by atoms with Crippen molar-refractivity contribution in [2.24, 2.45) is 0 Å². The first kappa shape index (κ1) is 13.5. The highest BCUT2D eigenvalue weighted by Crippen LogP contribution is 2.24. The molecular weight excluding hydrogens is 262 g/mol. The fourth-order valence-corrected chi connectivity index (χ4v) is 2.26. The largest absolute Gasteiger partial charge is 0.462 e. The molecule has 0 aliphatic carbocycles. The molecule has 6 heteroatoms. The highest BCUT2D eigenvalue weighted by atomic mass is 32.1. The smallest absolute Gasteiger partial charge is 0.343 e. The second kappa shape index (κ2) is 5.79. The van der Waals surface area contributed by atoms with Crippen LogP contribution >= 0.6 is 11.3 Å². The number of ether oxygens (including phenoxy) is 1. The van der Waals surface area contributed by atoms with Crippen molar-refractivity contribution in [1.82, 2.24) is 9.97 Å². The van der Waals surface area contributed by atoms with Crippen molar-refractivity contribution >= 4 is 23.1 Å². The number of anilines is 1. The number of aromatic nitrogens is 2. The van der Waals surface area contributed by atoms with Gasteiger partial charge in [-0.05, 0) is 18.4 Å². The van der Waals surface area contributed by atoms with Crippen LogP contribution in [-0.2, 0) is 4.74 Å². The van der Waals surface area contributed by atoms with Crippen LogP contribution in [-0.4, -0.2) is 36.6 Å². The van der Waals surface area contributed by atoms with E-state index in [1.54, 1.807) is 23.2 Å². The molecule has 0 saturated heterocycles. The van der Waals surface area contributed by atoms with Crippen LogP contribution in [0.4, 0.5) is 5.82 Å². The first-order valence-electron chi connectivity index (χ1n) is 5.88. The molecule has 0 spiro atoms. The number of thiophene rings is 1. The van der Waals surface area contributed by atoms with Crippen LogP contribution in [0.3, 0.4) is 0 Å². The lowest BCUT2D eigenvalue weighted by molar-refractivity contribution is 0.0526. The molecular formula is C13H15N3O2S. The van der Waals surface area contributed by atoms with E-state index in [4.69, 9.17) is 4.74 Å². The Morgan fingerprint density at radius 2 is 2.26 bits per heavy atom. The number of hydrogen-bond donors (Lipinski definition) is 0. The van der Waals surface area contributed by atoms with E-state index in [0.29, 0.717) is 23.8 Å². The lowest BCUT2D eigenvalue weighted by Gasteiger charge is -2.15. The number of carbonyl (C=O) groups excluding carboxylic acids is 1. The van der Waals surface area contributed by atoms with Crippen LogP contribution in [0, 0.1) is 0 Å². The predicted molar refractivity (Wildman–Crippen MR) is 75.6 cm³/mol. The summed E-state index contributed by atoms with van der Waals surface area (Å²) < 4.78 is 5.01. The summed E-state index contributed by atoms with van der Waals surface area (Å²) in [5, 5.41) is 1.97. The Bertz CT molecular complexity index is 567. The summed E-state index contributed by atoms with van der Waals surface area (Å²) >= 11 is 1.56. The highest BCUT2D eigenvalue weighted by molar-refractivity contribution is 7.13. The minimum atomic E-state index is -0.399. The van der Waals surface area contributed by atoms with E-state index in [9.17, 15) is 4.79 Å². The van der Waals surface area contributed by atoms with Crippen molar-refractivity contribution in [3.63, 3.8) is 0 Å². The summed E-state index contributed by atoms with van der Waals surface area (Å²) in [5.41, 5.74) is 0.382. The molecule has 2 aromatic heterocycles. The molecule has 2 rings (SSSR count). The van der Waals surface area contributed by atoms with Gasteiger partial charge in [0.15, 0.2) is 5.82 Å². The minimum Gasteiger partial charge on any atom is -0.462 e. The van der Waals surface area contributed by atoms with Crippen molar-refractivity contribution in [2.75, 3.05) is 25.6 Å². The maximum absolute atomic E-state index is 11.8. The topological polar surface area (TPSA) is 55.3 Å². The van der Waals surface area contributed by atoms with Crippen LogP contribution in [0.5, 0.6) is 0 Å². The lowest BCUT2D eigenvalue weighted by atomic mass is 10.3. The molecule has 0 bridgehead atoms. The predicted octanol–water partition coefficient (Wildman–Crippen LogP) is 2.45. The fourth-order valence-electron chi connectivity index (χ4n) is 1.59. The maximum atomic E-state index is 11.8. The SMILES string of the molecule is CCOC(=O)c1cnc(-c2cccs2)nc1N(C)C. The van der Waals surface area contributed by atoms with E-state index >= 15 is 0 Å². The Labute approximate surface area is 115 Å². The van der Waals surface area contributed by atoms with Crippen molar-refractivity contribution in [1.29, 1.82) is 0 Å². The average Bonchev–Trinajstić information content (AvgIpc) is 2.92. The van der Waals surface area contributed by atoms with E-state index < -0.39 is 5.97 Å². The third-order valence-corrected chi connectivity index (χ3v) is 3.29. The van der Waals surface area contributed by atoms with Crippen molar-refractivity contribution in [3.05, 3.63) is 29.3 Å². The summed E-state index contributed by atoms with van der Waals surface area (Å²) in [5.74, 6) is 0.785. The molecule has 0 radical (unpaired) electrons. The normalized spacial score (nSPS) is 10.3. The summed E-state index contributed by atoms with van der Waals surface area (Å²) in [7, 11) is 3.67. The highest BCUT2D eigenvalue weighted by Gasteiger charge is 2.18. The van der Waals surface area contributed by atoms with Crippen LogP contribution in [0.15, 0.2) is 23.7 Å². The summed E-state index contributed by atoms with van der Waals surface area (Å²) in [4.78, 5) is 23.3. The molecule has 0 fully saturated rings. The Morgan fingerprint density at radius 1 is 1.47 bits per heavy atom. The zero-order valence-electron chi connectivity index (χ0n) is 11.1. The molecule has 2 heterocycles. The minimum absolute atomic E-state index is 0.332. The molecule has 0 saturated carbocycles. The zero-order chi connectivity index (χ0) is 13.8. The summed E-state index contributed by atoms with van der Waals surface area (Å²) in [6, 6.07) is 3.89. The molecule has 0 aliphatic heterocycles. The third kappa shape index (κ3) is 2.90. The molecule has 0 aliphatic rings. The standard InChI is InChI=1S/C13H15N3O2S/c1-4-18-13(17)9-8-14-11(10-6-5-7-19-10)15-12(9)16(2)3/h5-8H,4H2,1-3H3. The second-order valence-corrected chi connectivity index (χ2v) is 4.97. The van der Waals surface area contributed by atoms with Crippen molar-refractivity contribution in [3.8, 4) is 10.7 Å².